The highest BCUT2D eigenvalue weighted by molar-refractivity contribution is 5.92. The number of carbonyl (C=O) groups excluding carboxylic acids is 2. The molecule has 0 atom stereocenters. The summed E-state index contributed by atoms with van der Waals surface area (Å²) in [5.74, 6) is 0.600. The summed E-state index contributed by atoms with van der Waals surface area (Å²) < 4.78 is 5.43. The Kier molecular flexibility index (Phi) is 9.81. The van der Waals surface area contributed by atoms with Crippen LogP contribution in [0.25, 0.3) is 0 Å². The largest absolute Gasteiger partial charge is 0.379 e. The molecular formula is C28H39N5O3. The van der Waals surface area contributed by atoms with Gasteiger partial charge in [0.1, 0.15) is 5.69 Å². The van der Waals surface area contributed by atoms with Crippen molar-refractivity contribution < 1.29 is 14.3 Å². The molecule has 0 saturated carbocycles. The maximum absolute atomic E-state index is 13.2. The van der Waals surface area contributed by atoms with Crippen LogP contribution in [0.2, 0.25) is 0 Å². The summed E-state index contributed by atoms with van der Waals surface area (Å²) in [5.41, 5.74) is 2.48. The molecule has 0 radical (unpaired) electrons. The van der Waals surface area contributed by atoms with Crippen LogP contribution in [-0.4, -0.2) is 95.5 Å². The number of aryl methyl sites for hydroxylation is 1. The lowest BCUT2D eigenvalue weighted by Crippen LogP contribution is -2.42. The minimum absolute atomic E-state index is 0.133. The zero-order chi connectivity index (χ0) is 25.2. The van der Waals surface area contributed by atoms with Gasteiger partial charge in [-0.15, -0.1) is 0 Å². The fraction of sp³-hybridized carbons (Fsp3) is 0.571. The molecule has 1 aromatic heterocycles. The predicted octanol–water partition coefficient (Wildman–Crippen LogP) is 2.82. The number of hydrogen-bond donors (Lipinski definition) is 0. The first kappa shape index (κ1) is 26.2. The van der Waals surface area contributed by atoms with E-state index in [1.54, 1.807) is 11.1 Å². The van der Waals surface area contributed by atoms with Crippen molar-refractivity contribution in [3.63, 3.8) is 0 Å². The molecule has 0 aliphatic carbocycles. The Morgan fingerprint density at radius 3 is 2.44 bits per heavy atom. The molecule has 0 N–H and O–H groups in total. The number of amides is 2. The van der Waals surface area contributed by atoms with Gasteiger partial charge in [0.05, 0.1) is 25.1 Å². The standard InChI is InChI=1S/C28H39N5O3/c1-23-21-30-26(22-29-23)28(35)33(12-5-11-31-16-18-36-19-17-31)15-10-27(34)32-13-8-25(9-14-32)20-24-6-3-2-4-7-24/h2-4,6-7,21-22,25H,5,8-20H2,1H3. The summed E-state index contributed by atoms with van der Waals surface area (Å²) in [6.07, 6.45) is 7.47. The van der Waals surface area contributed by atoms with Crippen LogP contribution >= 0.6 is 0 Å². The fourth-order valence-electron chi connectivity index (χ4n) is 5.01. The van der Waals surface area contributed by atoms with Crippen LogP contribution in [-0.2, 0) is 16.0 Å². The molecule has 0 bridgehead atoms. The number of morpholine rings is 1. The number of ether oxygens (including phenoxy) is 1. The second kappa shape index (κ2) is 13.5. The van der Waals surface area contributed by atoms with Gasteiger partial charge in [-0.25, -0.2) is 4.98 Å². The normalized spacial score (nSPS) is 17.2. The summed E-state index contributed by atoms with van der Waals surface area (Å²) in [6, 6.07) is 10.6. The van der Waals surface area contributed by atoms with E-state index in [0.717, 1.165) is 77.3 Å². The van der Waals surface area contributed by atoms with E-state index in [0.29, 0.717) is 31.1 Å². The Morgan fingerprint density at radius 1 is 1.00 bits per heavy atom. The summed E-state index contributed by atoms with van der Waals surface area (Å²) >= 11 is 0. The molecule has 2 aromatic rings. The molecule has 36 heavy (non-hydrogen) atoms. The number of hydrogen-bond acceptors (Lipinski definition) is 6. The maximum Gasteiger partial charge on any atom is 0.274 e. The molecule has 2 aliphatic heterocycles. The maximum atomic E-state index is 13.2. The molecule has 194 valence electrons. The lowest BCUT2D eigenvalue weighted by Gasteiger charge is -2.33. The van der Waals surface area contributed by atoms with Gasteiger partial charge < -0.3 is 14.5 Å². The topological polar surface area (TPSA) is 78.9 Å². The Balaban J connectivity index is 1.27. The van der Waals surface area contributed by atoms with Crippen molar-refractivity contribution in [3.8, 4) is 0 Å². The summed E-state index contributed by atoms with van der Waals surface area (Å²) in [6.45, 7) is 8.73. The Labute approximate surface area is 214 Å². The third-order valence-electron chi connectivity index (χ3n) is 7.22. The van der Waals surface area contributed by atoms with Gasteiger partial charge in [-0.1, -0.05) is 30.3 Å². The smallest absolute Gasteiger partial charge is 0.274 e. The van der Waals surface area contributed by atoms with E-state index in [-0.39, 0.29) is 11.8 Å². The minimum atomic E-state index is -0.154. The van der Waals surface area contributed by atoms with Crippen molar-refractivity contribution in [2.75, 3.05) is 59.0 Å². The van der Waals surface area contributed by atoms with E-state index in [1.165, 1.54) is 11.8 Å². The third-order valence-corrected chi connectivity index (χ3v) is 7.22. The molecule has 8 nitrogen and oxygen atoms in total. The van der Waals surface area contributed by atoms with Crippen molar-refractivity contribution in [1.82, 2.24) is 24.7 Å². The lowest BCUT2D eigenvalue weighted by molar-refractivity contribution is -0.132. The average molecular weight is 494 g/mol. The quantitative estimate of drug-likeness (QED) is 0.507. The molecule has 2 fully saturated rings. The molecule has 4 rings (SSSR count). The van der Waals surface area contributed by atoms with E-state index >= 15 is 0 Å². The van der Waals surface area contributed by atoms with Crippen LogP contribution in [0.15, 0.2) is 42.7 Å². The number of benzene rings is 1. The number of piperidine rings is 1. The summed E-state index contributed by atoms with van der Waals surface area (Å²) in [5, 5.41) is 0. The van der Waals surface area contributed by atoms with Crippen LogP contribution in [0, 0.1) is 12.8 Å². The van der Waals surface area contributed by atoms with Crippen LogP contribution in [0.4, 0.5) is 0 Å². The van der Waals surface area contributed by atoms with Gasteiger partial charge in [-0.3, -0.25) is 19.5 Å². The van der Waals surface area contributed by atoms with Gasteiger partial charge in [0.2, 0.25) is 5.91 Å². The average Bonchev–Trinajstić information content (AvgIpc) is 2.92. The Bertz CT molecular complexity index is 955. The van der Waals surface area contributed by atoms with Crippen molar-refractivity contribution in [3.05, 3.63) is 59.7 Å². The van der Waals surface area contributed by atoms with Gasteiger partial charge >= 0.3 is 0 Å². The Morgan fingerprint density at radius 2 is 1.75 bits per heavy atom. The molecular weight excluding hydrogens is 454 g/mol. The van der Waals surface area contributed by atoms with Gasteiger partial charge in [-0.05, 0) is 44.1 Å². The molecule has 2 amide bonds. The van der Waals surface area contributed by atoms with Gasteiger partial charge in [0.15, 0.2) is 0 Å². The third kappa shape index (κ3) is 7.83. The number of rotatable bonds is 10. The number of carbonyl (C=O) groups is 2. The van der Waals surface area contributed by atoms with Gasteiger partial charge in [0.25, 0.3) is 5.91 Å². The molecule has 3 heterocycles. The first-order chi connectivity index (χ1) is 17.6. The number of nitrogens with zero attached hydrogens (tertiary/aromatic N) is 5. The molecule has 2 saturated heterocycles. The van der Waals surface area contributed by atoms with Crippen molar-refractivity contribution in [1.29, 1.82) is 0 Å². The van der Waals surface area contributed by atoms with Crippen LogP contribution < -0.4 is 0 Å². The monoisotopic (exact) mass is 493 g/mol. The van der Waals surface area contributed by atoms with Crippen molar-refractivity contribution in [2.45, 2.75) is 39.0 Å². The lowest BCUT2D eigenvalue weighted by atomic mass is 9.90. The van der Waals surface area contributed by atoms with Crippen molar-refractivity contribution >= 4 is 11.8 Å². The van der Waals surface area contributed by atoms with Crippen molar-refractivity contribution in [2.24, 2.45) is 5.92 Å². The van der Waals surface area contributed by atoms with E-state index in [2.05, 4.69) is 39.1 Å². The molecule has 2 aliphatic rings. The highest BCUT2D eigenvalue weighted by Gasteiger charge is 2.25. The van der Waals surface area contributed by atoms with Crippen LogP contribution in [0.3, 0.4) is 0 Å². The molecule has 0 unspecified atom stereocenters. The van der Waals surface area contributed by atoms with Gasteiger partial charge in [-0.2, -0.15) is 0 Å². The van der Waals surface area contributed by atoms with E-state index in [1.807, 2.05) is 17.9 Å². The van der Waals surface area contributed by atoms with E-state index in [9.17, 15) is 9.59 Å². The molecule has 1 aromatic carbocycles. The zero-order valence-electron chi connectivity index (χ0n) is 21.5. The highest BCUT2D eigenvalue weighted by atomic mass is 16.5. The molecule has 0 spiro atoms. The number of aromatic nitrogens is 2. The first-order valence-electron chi connectivity index (χ1n) is 13.3. The summed E-state index contributed by atoms with van der Waals surface area (Å²) in [7, 11) is 0. The Hall–Kier alpha value is -2.84. The van der Waals surface area contributed by atoms with Gasteiger partial charge in [0, 0.05) is 58.4 Å². The second-order valence-electron chi connectivity index (χ2n) is 9.91. The predicted molar refractivity (Wildman–Crippen MR) is 139 cm³/mol. The SMILES string of the molecule is Cc1cnc(C(=O)N(CCCN2CCOCC2)CCC(=O)N2CCC(Cc3ccccc3)CC2)cn1. The highest BCUT2D eigenvalue weighted by Crippen LogP contribution is 2.22. The minimum Gasteiger partial charge on any atom is -0.379 e. The van der Waals surface area contributed by atoms with E-state index in [4.69, 9.17) is 4.74 Å². The van der Waals surface area contributed by atoms with Crippen LogP contribution in [0.1, 0.15) is 47.4 Å². The number of likely N-dealkylation sites (tertiary alicyclic amines) is 1. The first-order valence-corrected chi connectivity index (χ1v) is 13.3. The van der Waals surface area contributed by atoms with Crippen LogP contribution in [0.5, 0.6) is 0 Å². The fourth-order valence-corrected chi connectivity index (χ4v) is 5.01. The molecule has 8 heteroatoms. The zero-order valence-corrected chi connectivity index (χ0v) is 21.5. The second-order valence-corrected chi connectivity index (χ2v) is 9.91. The van der Waals surface area contributed by atoms with E-state index < -0.39 is 0 Å². The summed E-state index contributed by atoms with van der Waals surface area (Å²) in [4.78, 5) is 40.9.